The summed E-state index contributed by atoms with van der Waals surface area (Å²) in [6.45, 7) is 3.80. The first-order chi connectivity index (χ1) is 9.49. The van der Waals surface area contributed by atoms with Crippen molar-refractivity contribution in [3.63, 3.8) is 0 Å². The fourth-order valence-electron chi connectivity index (χ4n) is 1.55. The van der Waals surface area contributed by atoms with Crippen LogP contribution in [0.15, 0.2) is 52.6 Å². The highest BCUT2D eigenvalue weighted by molar-refractivity contribution is 7.89. The van der Waals surface area contributed by atoms with Gasteiger partial charge in [0.05, 0.1) is 16.8 Å². The van der Waals surface area contributed by atoms with Gasteiger partial charge in [0.2, 0.25) is 0 Å². The summed E-state index contributed by atoms with van der Waals surface area (Å²) in [5.74, 6) is 0. The Morgan fingerprint density at radius 2 is 1.95 bits per heavy atom. The summed E-state index contributed by atoms with van der Waals surface area (Å²) in [6.07, 6.45) is 2.97. The molecule has 0 aliphatic heterocycles. The Morgan fingerprint density at radius 3 is 2.60 bits per heavy atom. The number of aryl methyl sites for hydroxylation is 2. The normalized spacial score (nSPS) is 11.7. The molecule has 0 amide bonds. The van der Waals surface area contributed by atoms with Crippen LogP contribution in [0.4, 0.5) is 0 Å². The van der Waals surface area contributed by atoms with Crippen LogP contribution >= 0.6 is 0 Å². The van der Waals surface area contributed by atoms with E-state index in [1.807, 2.05) is 13.8 Å². The number of aromatic nitrogens is 1. The van der Waals surface area contributed by atoms with Crippen LogP contribution < -0.4 is 4.83 Å². The number of hydrogen-bond donors (Lipinski definition) is 1. The molecule has 1 N–H and O–H groups in total. The predicted octanol–water partition coefficient (Wildman–Crippen LogP) is 2.01. The molecule has 5 nitrogen and oxygen atoms in total. The fourth-order valence-corrected chi connectivity index (χ4v) is 2.42. The summed E-state index contributed by atoms with van der Waals surface area (Å²) in [5.41, 5.74) is 2.54. The Kier molecular flexibility index (Phi) is 4.14. The van der Waals surface area contributed by atoms with Gasteiger partial charge in [-0.1, -0.05) is 12.1 Å². The monoisotopic (exact) mass is 289 g/mol. The zero-order valence-corrected chi connectivity index (χ0v) is 12.1. The second-order valence-electron chi connectivity index (χ2n) is 4.35. The van der Waals surface area contributed by atoms with E-state index < -0.39 is 10.0 Å². The van der Waals surface area contributed by atoms with E-state index in [-0.39, 0.29) is 4.90 Å². The lowest BCUT2D eigenvalue weighted by Gasteiger charge is -2.05. The molecule has 0 aliphatic rings. The van der Waals surface area contributed by atoms with Crippen molar-refractivity contribution in [1.82, 2.24) is 9.82 Å². The van der Waals surface area contributed by atoms with Crippen molar-refractivity contribution in [3.05, 3.63) is 59.4 Å². The standard InChI is InChI=1S/C14H15N3O2S/c1-11-6-7-14(9-12(11)2)20(18,19)17-16-10-13-5-3-4-8-15-13/h3-10,17H,1-2H3/b16-10+. The molecule has 1 aromatic heterocycles. The van der Waals surface area contributed by atoms with E-state index in [9.17, 15) is 8.42 Å². The third-order valence-electron chi connectivity index (χ3n) is 2.85. The van der Waals surface area contributed by atoms with Crippen LogP contribution in [0.1, 0.15) is 16.8 Å². The smallest absolute Gasteiger partial charge is 0.255 e. The number of rotatable bonds is 4. The van der Waals surface area contributed by atoms with Crippen LogP contribution in [0.25, 0.3) is 0 Å². The Labute approximate surface area is 118 Å². The largest absolute Gasteiger partial charge is 0.276 e. The highest BCUT2D eigenvalue weighted by Crippen LogP contribution is 2.14. The van der Waals surface area contributed by atoms with Crippen LogP contribution in [-0.4, -0.2) is 19.6 Å². The minimum absolute atomic E-state index is 0.193. The SMILES string of the molecule is Cc1ccc(S(=O)(=O)N/N=C/c2ccccn2)cc1C. The maximum Gasteiger partial charge on any atom is 0.276 e. The summed E-state index contributed by atoms with van der Waals surface area (Å²) in [4.78, 5) is 6.38. The van der Waals surface area contributed by atoms with Crippen molar-refractivity contribution in [3.8, 4) is 0 Å². The van der Waals surface area contributed by atoms with E-state index in [1.54, 1.807) is 42.6 Å². The van der Waals surface area contributed by atoms with E-state index in [0.29, 0.717) is 5.69 Å². The molecule has 0 fully saturated rings. The van der Waals surface area contributed by atoms with Gasteiger partial charge in [0.25, 0.3) is 10.0 Å². The van der Waals surface area contributed by atoms with Gasteiger partial charge in [-0.05, 0) is 49.2 Å². The first kappa shape index (κ1) is 14.2. The number of sulfonamides is 1. The molecule has 2 aromatic rings. The van der Waals surface area contributed by atoms with Gasteiger partial charge in [0, 0.05) is 6.20 Å². The molecule has 6 heteroatoms. The zero-order valence-electron chi connectivity index (χ0n) is 11.2. The fraction of sp³-hybridized carbons (Fsp3) is 0.143. The first-order valence-electron chi connectivity index (χ1n) is 6.02. The van der Waals surface area contributed by atoms with Crippen LogP contribution in [0.5, 0.6) is 0 Å². The average molecular weight is 289 g/mol. The summed E-state index contributed by atoms with van der Waals surface area (Å²) in [6, 6.07) is 10.2. The number of hydrazone groups is 1. The second-order valence-corrected chi connectivity index (χ2v) is 6.01. The summed E-state index contributed by atoms with van der Waals surface area (Å²) >= 11 is 0. The van der Waals surface area contributed by atoms with Crippen molar-refractivity contribution in [2.45, 2.75) is 18.7 Å². The van der Waals surface area contributed by atoms with Crippen LogP contribution in [0.3, 0.4) is 0 Å². The first-order valence-corrected chi connectivity index (χ1v) is 7.50. The van der Waals surface area contributed by atoms with Crippen molar-refractivity contribution in [2.24, 2.45) is 5.10 Å². The van der Waals surface area contributed by atoms with Gasteiger partial charge in [0.15, 0.2) is 0 Å². The molecule has 0 saturated heterocycles. The number of nitrogens with one attached hydrogen (secondary N) is 1. The topological polar surface area (TPSA) is 71.4 Å². The van der Waals surface area contributed by atoms with Gasteiger partial charge in [-0.2, -0.15) is 13.5 Å². The van der Waals surface area contributed by atoms with Gasteiger partial charge in [0.1, 0.15) is 0 Å². The van der Waals surface area contributed by atoms with E-state index in [4.69, 9.17) is 0 Å². The van der Waals surface area contributed by atoms with E-state index in [1.165, 1.54) is 6.21 Å². The highest BCUT2D eigenvalue weighted by atomic mass is 32.2. The minimum Gasteiger partial charge on any atom is -0.255 e. The molecule has 0 unspecified atom stereocenters. The maximum absolute atomic E-state index is 12.0. The Morgan fingerprint density at radius 1 is 1.15 bits per heavy atom. The van der Waals surface area contributed by atoms with Crippen molar-refractivity contribution in [2.75, 3.05) is 0 Å². The molecule has 0 radical (unpaired) electrons. The lowest BCUT2D eigenvalue weighted by atomic mass is 10.1. The summed E-state index contributed by atoms with van der Waals surface area (Å²) in [7, 11) is -3.65. The molecule has 0 spiro atoms. The average Bonchev–Trinajstić information content (AvgIpc) is 2.43. The Hall–Kier alpha value is -2.21. The van der Waals surface area contributed by atoms with Gasteiger partial charge in [-0.25, -0.2) is 4.83 Å². The molecule has 1 heterocycles. The molecule has 0 aliphatic carbocycles. The molecule has 104 valence electrons. The molecule has 1 aromatic carbocycles. The highest BCUT2D eigenvalue weighted by Gasteiger charge is 2.13. The lowest BCUT2D eigenvalue weighted by Crippen LogP contribution is -2.18. The summed E-state index contributed by atoms with van der Waals surface area (Å²) < 4.78 is 24.1. The van der Waals surface area contributed by atoms with Crippen molar-refractivity contribution >= 4 is 16.2 Å². The van der Waals surface area contributed by atoms with Gasteiger partial charge >= 0.3 is 0 Å². The second kappa shape index (κ2) is 5.83. The molecular formula is C14H15N3O2S. The summed E-state index contributed by atoms with van der Waals surface area (Å²) in [5, 5.41) is 3.72. The van der Waals surface area contributed by atoms with Crippen LogP contribution in [0, 0.1) is 13.8 Å². The van der Waals surface area contributed by atoms with E-state index in [2.05, 4.69) is 14.9 Å². The third kappa shape index (κ3) is 3.42. The molecule has 0 atom stereocenters. The Balaban J connectivity index is 2.15. The van der Waals surface area contributed by atoms with Crippen LogP contribution in [-0.2, 0) is 10.0 Å². The van der Waals surface area contributed by atoms with Crippen molar-refractivity contribution in [1.29, 1.82) is 0 Å². The number of benzene rings is 1. The van der Waals surface area contributed by atoms with Gasteiger partial charge in [-0.15, -0.1) is 0 Å². The van der Waals surface area contributed by atoms with Crippen molar-refractivity contribution < 1.29 is 8.42 Å². The van der Waals surface area contributed by atoms with Gasteiger partial charge in [-0.3, -0.25) is 4.98 Å². The van der Waals surface area contributed by atoms with E-state index >= 15 is 0 Å². The number of nitrogens with zero attached hydrogens (tertiary/aromatic N) is 2. The Bertz CT molecular complexity index is 725. The lowest BCUT2D eigenvalue weighted by molar-refractivity contribution is 0.584. The molecule has 2 rings (SSSR count). The molecule has 0 saturated carbocycles. The zero-order chi connectivity index (χ0) is 14.6. The number of pyridine rings is 1. The molecule has 0 bridgehead atoms. The predicted molar refractivity (Wildman–Crippen MR) is 78.1 cm³/mol. The third-order valence-corrected chi connectivity index (χ3v) is 4.07. The number of hydrogen-bond acceptors (Lipinski definition) is 4. The minimum atomic E-state index is -3.65. The van der Waals surface area contributed by atoms with Crippen LogP contribution in [0.2, 0.25) is 0 Å². The molecule has 20 heavy (non-hydrogen) atoms. The molecular weight excluding hydrogens is 274 g/mol. The maximum atomic E-state index is 12.0. The van der Waals surface area contributed by atoms with Gasteiger partial charge < -0.3 is 0 Å². The van der Waals surface area contributed by atoms with E-state index in [0.717, 1.165) is 11.1 Å². The quantitative estimate of drug-likeness (QED) is 0.691.